The fourth-order valence-corrected chi connectivity index (χ4v) is 7.72. The lowest BCUT2D eigenvalue weighted by atomic mass is 9.76. The molecule has 5 aromatic carbocycles. The number of nitrogens with zero attached hydrogens (tertiary/aromatic N) is 4. The van der Waals surface area contributed by atoms with Gasteiger partial charge in [0.15, 0.2) is 0 Å². The number of nitrogens with one attached hydrogen (secondary N) is 2. The van der Waals surface area contributed by atoms with Crippen molar-refractivity contribution in [2.45, 2.75) is 12.0 Å². The number of β-lactam (4-membered cyclic amide) rings is 1. The molecule has 9 aromatic rings. The van der Waals surface area contributed by atoms with Crippen LogP contribution < -0.4 is 10.5 Å². The number of aromatic nitrogens is 5. The molecule has 10 heteroatoms. The Morgan fingerprint density at radius 1 is 0.660 bits per heavy atom. The summed E-state index contributed by atoms with van der Waals surface area (Å²) in [6.45, 7) is 0. The van der Waals surface area contributed by atoms with Crippen LogP contribution in [0.1, 0.15) is 23.1 Å². The van der Waals surface area contributed by atoms with E-state index in [4.69, 9.17) is 16.0 Å². The van der Waals surface area contributed by atoms with Crippen LogP contribution in [0.5, 0.6) is 0 Å². The summed E-state index contributed by atoms with van der Waals surface area (Å²) in [6, 6.07) is 40.0. The first kappa shape index (κ1) is 28.6. The topological polar surface area (TPSA) is 113 Å². The highest BCUT2D eigenvalue weighted by atomic mass is 35.5. The lowest BCUT2D eigenvalue weighted by molar-refractivity contribution is -0.126. The lowest BCUT2D eigenvalue weighted by Crippen LogP contribution is -2.54. The van der Waals surface area contributed by atoms with Crippen molar-refractivity contribution < 1.29 is 9.21 Å². The number of H-pyrrole nitrogens is 2. The largest absolute Gasteiger partial charge is 0.388 e. The predicted octanol–water partition coefficient (Wildman–Crippen LogP) is 8.68. The summed E-state index contributed by atoms with van der Waals surface area (Å²) in [5.41, 5.74) is 6.38. The van der Waals surface area contributed by atoms with Gasteiger partial charge in [0, 0.05) is 43.2 Å². The number of fused-ring (bicyclic) bond motifs is 6. The van der Waals surface area contributed by atoms with Gasteiger partial charge in [-0.05, 0) is 41.5 Å². The molecule has 5 heterocycles. The SMILES string of the molecule is O=C1C(c2ccccc2)C(c2c(-c3ccccc3)[nH]c3ccc(Cl)cc23)N1c1nnc(-n2c(=O)c3ccccc3c3[nH]c4ccccc4c32)o1. The van der Waals surface area contributed by atoms with Crippen LogP contribution in [-0.4, -0.2) is 30.6 Å². The van der Waals surface area contributed by atoms with Crippen LogP contribution >= 0.6 is 11.6 Å². The standard InChI is InChI=1S/C40H25ClN6O3/c41-24-19-20-30-28(21-24)32(33(42-30)23-13-5-2-6-14-23)36-31(22-11-3-1-4-12-22)38(49)47(36)40-45-44-39(50-40)46-35-27-17-9-10-18-29(27)43-34(35)25-15-7-8-16-26(25)37(46)48/h1-21,31,36,42-43H. The average molecular weight is 673 g/mol. The second-order valence-electron chi connectivity index (χ2n) is 12.5. The minimum Gasteiger partial charge on any atom is -0.388 e. The number of carbonyl (C=O) groups excluding carboxylic acids is 1. The highest BCUT2D eigenvalue weighted by molar-refractivity contribution is 6.31. The maximum Gasteiger partial charge on any atom is 0.331 e. The van der Waals surface area contributed by atoms with Crippen molar-refractivity contribution >= 4 is 67.1 Å². The lowest BCUT2D eigenvalue weighted by Gasteiger charge is -2.45. The molecule has 0 radical (unpaired) electrons. The van der Waals surface area contributed by atoms with Gasteiger partial charge in [0.1, 0.15) is 0 Å². The third-order valence-electron chi connectivity index (χ3n) is 9.75. The summed E-state index contributed by atoms with van der Waals surface area (Å²) in [6.07, 6.45) is 0. The van der Waals surface area contributed by atoms with E-state index in [-0.39, 0.29) is 23.5 Å². The van der Waals surface area contributed by atoms with Crippen molar-refractivity contribution in [3.63, 3.8) is 0 Å². The molecule has 50 heavy (non-hydrogen) atoms. The third kappa shape index (κ3) is 4.07. The summed E-state index contributed by atoms with van der Waals surface area (Å²) in [5, 5.41) is 12.4. The van der Waals surface area contributed by atoms with Crippen LogP contribution in [0, 0.1) is 0 Å². The Morgan fingerprint density at radius 2 is 1.32 bits per heavy atom. The van der Waals surface area contributed by atoms with Crippen LogP contribution in [0.15, 0.2) is 137 Å². The molecule has 1 fully saturated rings. The highest BCUT2D eigenvalue weighted by Gasteiger charge is 2.53. The molecule has 2 unspecified atom stereocenters. The Morgan fingerprint density at radius 3 is 2.12 bits per heavy atom. The van der Waals surface area contributed by atoms with Gasteiger partial charge in [-0.25, -0.2) is 4.57 Å². The summed E-state index contributed by atoms with van der Waals surface area (Å²) in [5.74, 6) is -0.745. The van der Waals surface area contributed by atoms with E-state index < -0.39 is 12.0 Å². The van der Waals surface area contributed by atoms with Crippen LogP contribution in [0.3, 0.4) is 0 Å². The third-order valence-corrected chi connectivity index (χ3v) is 9.98. The van der Waals surface area contributed by atoms with Gasteiger partial charge in [-0.1, -0.05) is 119 Å². The Bertz CT molecular complexity index is 2850. The number of para-hydroxylation sites is 1. The van der Waals surface area contributed by atoms with Crippen molar-refractivity contribution in [1.82, 2.24) is 24.7 Å². The zero-order chi connectivity index (χ0) is 33.5. The van der Waals surface area contributed by atoms with Crippen molar-refractivity contribution in [2.24, 2.45) is 0 Å². The molecule has 1 saturated heterocycles. The molecule has 10 rings (SSSR count). The zero-order valence-electron chi connectivity index (χ0n) is 26.2. The van der Waals surface area contributed by atoms with Crippen molar-refractivity contribution in [1.29, 1.82) is 0 Å². The molecule has 1 amide bonds. The average Bonchev–Trinajstić information content (AvgIpc) is 3.88. The fraction of sp³-hybridized carbons (Fsp3) is 0.0500. The molecular formula is C40H25ClN6O3. The molecule has 0 saturated carbocycles. The maximum atomic E-state index is 14.3. The van der Waals surface area contributed by atoms with Gasteiger partial charge in [0.2, 0.25) is 5.91 Å². The molecule has 9 nitrogen and oxygen atoms in total. The number of halogens is 1. The van der Waals surface area contributed by atoms with Crippen molar-refractivity contribution in [3.05, 3.63) is 154 Å². The molecule has 0 bridgehead atoms. The Labute approximate surface area is 288 Å². The Balaban J connectivity index is 1.20. The van der Waals surface area contributed by atoms with E-state index in [0.29, 0.717) is 15.9 Å². The molecule has 1 aliphatic rings. The van der Waals surface area contributed by atoms with Crippen LogP contribution in [0.4, 0.5) is 6.01 Å². The maximum absolute atomic E-state index is 14.3. The number of benzene rings is 5. The van der Waals surface area contributed by atoms with Gasteiger partial charge >= 0.3 is 12.0 Å². The number of pyridine rings is 1. The molecule has 1 aliphatic heterocycles. The second-order valence-corrected chi connectivity index (χ2v) is 12.9. The smallest absolute Gasteiger partial charge is 0.331 e. The van der Waals surface area contributed by atoms with Gasteiger partial charge in [-0.15, -0.1) is 0 Å². The van der Waals surface area contributed by atoms with Gasteiger partial charge < -0.3 is 14.4 Å². The minimum atomic E-state index is -0.546. The number of hydrogen-bond donors (Lipinski definition) is 2. The van der Waals surface area contributed by atoms with Crippen LogP contribution in [0.2, 0.25) is 5.02 Å². The molecule has 240 valence electrons. The Hall–Kier alpha value is -6.45. The van der Waals surface area contributed by atoms with E-state index in [1.54, 1.807) is 11.0 Å². The number of hydrogen-bond acceptors (Lipinski definition) is 5. The number of amides is 1. The van der Waals surface area contributed by atoms with E-state index in [1.165, 1.54) is 4.57 Å². The summed E-state index contributed by atoms with van der Waals surface area (Å²) in [4.78, 5) is 37.2. The van der Waals surface area contributed by atoms with Gasteiger partial charge in [-0.3, -0.25) is 14.5 Å². The first-order valence-corrected chi connectivity index (χ1v) is 16.6. The molecule has 2 atom stereocenters. The minimum absolute atomic E-state index is 0.00868. The van der Waals surface area contributed by atoms with E-state index in [2.05, 4.69) is 20.2 Å². The quantitative estimate of drug-likeness (QED) is 0.178. The summed E-state index contributed by atoms with van der Waals surface area (Å²) < 4.78 is 7.84. The molecule has 2 N–H and O–H groups in total. The number of aromatic amines is 2. The number of carbonyl (C=O) groups is 1. The summed E-state index contributed by atoms with van der Waals surface area (Å²) >= 11 is 6.58. The predicted molar refractivity (Wildman–Crippen MR) is 195 cm³/mol. The van der Waals surface area contributed by atoms with Crippen molar-refractivity contribution in [3.8, 4) is 17.3 Å². The summed E-state index contributed by atoms with van der Waals surface area (Å²) in [7, 11) is 0. The Kier molecular flexibility index (Phi) is 6.16. The molecule has 0 aliphatic carbocycles. The second kappa shape index (κ2) is 10.8. The van der Waals surface area contributed by atoms with E-state index >= 15 is 0 Å². The van der Waals surface area contributed by atoms with E-state index in [9.17, 15) is 9.59 Å². The van der Waals surface area contributed by atoms with E-state index in [0.717, 1.165) is 55.1 Å². The molecule has 4 aromatic heterocycles. The first-order valence-electron chi connectivity index (χ1n) is 16.2. The highest BCUT2D eigenvalue weighted by Crippen LogP contribution is 2.53. The van der Waals surface area contributed by atoms with E-state index in [1.807, 2.05) is 121 Å². The normalized spacial score (nSPS) is 16.2. The fourth-order valence-electron chi connectivity index (χ4n) is 7.55. The zero-order valence-corrected chi connectivity index (χ0v) is 26.9. The number of rotatable bonds is 5. The van der Waals surface area contributed by atoms with Crippen LogP contribution in [0.25, 0.3) is 60.9 Å². The van der Waals surface area contributed by atoms with Crippen molar-refractivity contribution in [2.75, 3.05) is 4.90 Å². The monoisotopic (exact) mass is 672 g/mol. The molecule has 0 spiro atoms. The van der Waals surface area contributed by atoms with Gasteiger partial charge in [0.05, 0.1) is 28.7 Å². The van der Waals surface area contributed by atoms with Gasteiger partial charge in [-0.2, -0.15) is 0 Å². The van der Waals surface area contributed by atoms with Gasteiger partial charge in [0.25, 0.3) is 5.56 Å². The first-order chi connectivity index (χ1) is 24.6. The molecular weight excluding hydrogens is 648 g/mol. The number of anilines is 1. The van der Waals surface area contributed by atoms with Crippen LogP contribution in [-0.2, 0) is 4.79 Å².